The van der Waals surface area contributed by atoms with Crippen LogP contribution >= 0.6 is 0 Å². The molecule has 1 fully saturated rings. The van der Waals surface area contributed by atoms with E-state index in [-0.39, 0.29) is 0 Å². The Balaban J connectivity index is 2.29. The number of aryl methyl sites for hydroxylation is 1. The van der Waals surface area contributed by atoms with Crippen LogP contribution in [0.1, 0.15) is 30.4 Å². The van der Waals surface area contributed by atoms with Gasteiger partial charge in [0.25, 0.3) is 0 Å². The maximum atomic E-state index is 5.79. The zero-order chi connectivity index (χ0) is 10.7. The Morgan fingerprint density at radius 1 is 1.33 bits per heavy atom. The van der Waals surface area contributed by atoms with Crippen LogP contribution in [0, 0.1) is 6.92 Å². The maximum absolute atomic E-state index is 5.79. The third kappa shape index (κ3) is 2.12. The number of pyridine rings is 1. The number of hydrogen-bond acceptors (Lipinski definition) is 3. The summed E-state index contributed by atoms with van der Waals surface area (Å²) in [7, 11) is 0. The smallest absolute Gasteiger partial charge is 0.133 e. The van der Waals surface area contributed by atoms with Crippen molar-refractivity contribution >= 4 is 5.82 Å². The summed E-state index contributed by atoms with van der Waals surface area (Å²) in [6.45, 7) is 4.95. The average molecular weight is 205 g/mol. The lowest BCUT2D eigenvalue weighted by Gasteiger charge is -2.29. The predicted molar refractivity (Wildman–Crippen MR) is 62.9 cm³/mol. The molecule has 3 heteroatoms. The van der Waals surface area contributed by atoms with Gasteiger partial charge in [-0.3, -0.25) is 0 Å². The number of nitrogens with zero attached hydrogens (tertiary/aromatic N) is 2. The molecule has 0 radical (unpaired) electrons. The Kier molecular flexibility index (Phi) is 3.21. The first-order chi connectivity index (χ1) is 7.33. The van der Waals surface area contributed by atoms with E-state index < -0.39 is 0 Å². The summed E-state index contributed by atoms with van der Waals surface area (Å²) in [5, 5.41) is 0. The van der Waals surface area contributed by atoms with Gasteiger partial charge in [0.15, 0.2) is 0 Å². The van der Waals surface area contributed by atoms with Crippen LogP contribution in [0.2, 0.25) is 0 Å². The molecule has 0 saturated carbocycles. The van der Waals surface area contributed by atoms with Crippen LogP contribution in [-0.2, 0) is 6.54 Å². The van der Waals surface area contributed by atoms with Gasteiger partial charge in [0, 0.05) is 31.4 Å². The van der Waals surface area contributed by atoms with Gasteiger partial charge in [0.2, 0.25) is 0 Å². The van der Waals surface area contributed by atoms with Gasteiger partial charge >= 0.3 is 0 Å². The Hall–Kier alpha value is -1.09. The van der Waals surface area contributed by atoms with Crippen molar-refractivity contribution in [2.24, 2.45) is 5.73 Å². The third-order valence-corrected chi connectivity index (χ3v) is 3.13. The van der Waals surface area contributed by atoms with E-state index in [1.54, 1.807) is 0 Å². The molecule has 2 heterocycles. The van der Waals surface area contributed by atoms with Crippen molar-refractivity contribution in [1.29, 1.82) is 0 Å². The van der Waals surface area contributed by atoms with Crippen LogP contribution in [-0.4, -0.2) is 18.1 Å². The van der Waals surface area contributed by atoms with Gasteiger partial charge in [-0.1, -0.05) is 0 Å². The first-order valence-corrected chi connectivity index (χ1v) is 5.72. The van der Waals surface area contributed by atoms with Crippen molar-refractivity contribution in [3.63, 3.8) is 0 Å². The molecular weight excluding hydrogens is 186 g/mol. The number of piperidine rings is 1. The van der Waals surface area contributed by atoms with Crippen LogP contribution in [0.5, 0.6) is 0 Å². The minimum Gasteiger partial charge on any atom is -0.356 e. The third-order valence-electron chi connectivity index (χ3n) is 3.13. The van der Waals surface area contributed by atoms with Crippen LogP contribution in [0.15, 0.2) is 12.3 Å². The minimum absolute atomic E-state index is 0.589. The van der Waals surface area contributed by atoms with Crippen molar-refractivity contribution in [2.45, 2.75) is 32.7 Å². The molecule has 0 aliphatic carbocycles. The van der Waals surface area contributed by atoms with E-state index >= 15 is 0 Å². The lowest BCUT2D eigenvalue weighted by molar-refractivity contribution is 0.571. The van der Waals surface area contributed by atoms with Gasteiger partial charge in [0.1, 0.15) is 5.82 Å². The Bertz CT molecular complexity index is 330. The fraction of sp³-hybridized carbons (Fsp3) is 0.583. The topological polar surface area (TPSA) is 42.2 Å². The molecule has 0 atom stereocenters. The number of hydrogen-bond donors (Lipinski definition) is 1. The van der Waals surface area contributed by atoms with Gasteiger partial charge in [-0.15, -0.1) is 0 Å². The van der Waals surface area contributed by atoms with Crippen molar-refractivity contribution in [3.8, 4) is 0 Å². The fourth-order valence-corrected chi connectivity index (χ4v) is 2.21. The predicted octanol–water partition coefficient (Wildman–Crippen LogP) is 1.84. The highest BCUT2D eigenvalue weighted by molar-refractivity contribution is 5.50. The number of nitrogens with two attached hydrogens (primary N) is 1. The van der Waals surface area contributed by atoms with E-state index in [0.29, 0.717) is 6.54 Å². The van der Waals surface area contributed by atoms with E-state index in [1.807, 2.05) is 12.3 Å². The highest BCUT2D eigenvalue weighted by atomic mass is 15.2. The summed E-state index contributed by atoms with van der Waals surface area (Å²) in [4.78, 5) is 6.85. The quantitative estimate of drug-likeness (QED) is 0.801. The highest BCUT2D eigenvalue weighted by Gasteiger charge is 2.15. The van der Waals surface area contributed by atoms with Gasteiger partial charge in [-0.2, -0.15) is 0 Å². The fourth-order valence-electron chi connectivity index (χ4n) is 2.21. The molecule has 3 nitrogen and oxygen atoms in total. The summed E-state index contributed by atoms with van der Waals surface area (Å²) < 4.78 is 0. The van der Waals surface area contributed by atoms with Gasteiger partial charge < -0.3 is 10.6 Å². The van der Waals surface area contributed by atoms with E-state index in [4.69, 9.17) is 5.73 Å². The zero-order valence-corrected chi connectivity index (χ0v) is 9.37. The largest absolute Gasteiger partial charge is 0.356 e. The molecule has 0 unspecified atom stereocenters. The Labute approximate surface area is 91.3 Å². The second-order valence-electron chi connectivity index (χ2n) is 4.18. The minimum atomic E-state index is 0.589. The molecule has 0 bridgehead atoms. The summed E-state index contributed by atoms with van der Waals surface area (Å²) in [6, 6.07) is 2.04. The summed E-state index contributed by atoms with van der Waals surface area (Å²) in [5.41, 5.74) is 8.26. The second-order valence-corrected chi connectivity index (χ2v) is 4.18. The van der Waals surface area contributed by atoms with Crippen molar-refractivity contribution in [1.82, 2.24) is 4.98 Å². The van der Waals surface area contributed by atoms with E-state index in [9.17, 15) is 0 Å². The lowest BCUT2D eigenvalue weighted by atomic mass is 10.1. The monoisotopic (exact) mass is 205 g/mol. The SMILES string of the molecule is Cc1ccnc(N2CCCCC2)c1CN. The van der Waals surface area contributed by atoms with Gasteiger partial charge in [0.05, 0.1) is 0 Å². The van der Waals surface area contributed by atoms with Crippen LogP contribution < -0.4 is 10.6 Å². The molecule has 1 saturated heterocycles. The van der Waals surface area contributed by atoms with Crippen LogP contribution in [0.25, 0.3) is 0 Å². The molecule has 1 aliphatic rings. The van der Waals surface area contributed by atoms with Crippen molar-refractivity contribution in [2.75, 3.05) is 18.0 Å². The maximum Gasteiger partial charge on any atom is 0.133 e. The molecule has 2 rings (SSSR count). The van der Waals surface area contributed by atoms with Crippen LogP contribution in [0.3, 0.4) is 0 Å². The molecule has 1 aliphatic heterocycles. The molecule has 0 amide bonds. The first-order valence-electron chi connectivity index (χ1n) is 5.72. The lowest BCUT2D eigenvalue weighted by Crippen LogP contribution is -2.31. The van der Waals surface area contributed by atoms with Crippen molar-refractivity contribution < 1.29 is 0 Å². The average Bonchev–Trinajstić information content (AvgIpc) is 2.30. The molecule has 2 N–H and O–H groups in total. The Morgan fingerprint density at radius 3 is 2.73 bits per heavy atom. The van der Waals surface area contributed by atoms with Crippen LogP contribution in [0.4, 0.5) is 5.82 Å². The normalized spacial score (nSPS) is 16.8. The molecule has 0 aromatic carbocycles. The second kappa shape index (κ2) is 4.62. The van der Waals surface area contributed by atoms with Gasteiger partial charge in [-0.25, -0.2) is 4.98 Å². The molecule has 82 valence electrons. The number of rotatable bonds is 2. The molecule has 0 spiro atoms. The highest BCUT2D eigenvalue weighted by Crippen LogP contribution is 2.23. The number of anilines is 1. The standard InChI is InChI=1S/C12H19N3/c1-10-5-6-14-12(11(10)9-13)15-7-3-2-4-8-15/h5-6H,2-4,7-9,13H2,1H3. The van der Waals surface area contributed by atoms with E-state index in [1.165, 1.54) is 30.4 Å². The molecule has 15 heavy (non-hydrogen) atoms. The first kappa shape index (κ1) is 10.4. The molecular formula is C12H19N3. The summed E-state index contributed by atoms with van der Waals surface area (Å²) >= 11 is 0. The zero-order valence-electron chi connectivity index (χ0n) is 9.37. The Morgan fingerprint density at radius 2 is 2.07 bits per heavy atom. The van der Waals surface area contributed by atoms with Gasteiger partial charge in [-0.05, 0) is 37.8 Å². The number of aromatic nitrogens is 1. The molecule has 1 aromatic heterocycles. The van der Waals surface area contributed by atoms with Crippen molar-refractivity contribution in [3.05, 3.63) is 23.4 Å². The summed E-state index contributed by atoms with van der Waals surface area (Å²) in [5.74, 6) is 1.11. The summed E-state index contributed by atoms with van der Waals surface area (Å²) in [6.07, 6.45) is 5.79. The van der Waals surface area contributed by atoms with E-state index in [2.05, 4.69) is 16.8 Å². The molecule has 1 aromatic rings. The van der Waals surface area contributed by atoms with E-state index in [0.717, 1.165) is 18.9 Å².